The number of pyridine rings is 1. The highest BCUT2D eigenvalue weighted by molar-refractivity contribution is 5.83. The van der Waals surface area contributed by atoms with Gasteiger partial charge >= 0.3 is 5.97 Å². The van der Waals surface area contributed by atoms with Gasteiger partial charge in [-0.05, 0) is 29.8 Å². The van der Waals surface area contributed by atoms with Gasteiger partial charge in [-0.1, -0.05) is 12.1 Å². The lowest BCUT2D eigenvalue weighted by atomic mass is 9.95. The van der Waals surface area contributed by atoms with Crippen LogP contribution in [0.5, 0.6) is 0 Å². The first-order valence-corrected chi connectivity index (χ1v) is 6.21. The van der Waals surface area contributed by atoms with Crippen molar-refractivity contribution in [3.05, 3.63) is 60.2 Å². The Hall–Kier alpha value is -2.69. The van der Waals surface area contributed by atoms with E-state index in [4.69, 9.17) is 0 Å². The van der Waals surface area contributed by atoms with E-state index in [2.05, 4.69) is 9.97 Å². The van der Waals surface area contributed by atoms with Crippen molar-refractivity contribution in [1.29, 1.82) is 0 Å². The monoisotopic (exact) mass is 267 g/mol. The number of carboxylic acid groups (broad SMARTS) is 1. The third kappa shape index (κ3) is 2.03. The van der Waals surface area contributed by atoms with Crippen LogP contribution in [0, 0.1) is 0 Å². The predicted octanol–water partition coefficient (Wildman–Crippen LogP) is 2.18. The molecule has 1 atom stereocenters. The second-order valence-corrected chi connectivity index (χ2v) is 4.63. The fourth-order valence-corrected chi connectivity index (χ4v) is 2.32. The number of hydrogen-bond acceptors (Lipinski definition) is 3. The van der Waals surface area contributed by atoms with Crippen molar-refractivity contribution in [3.8, 4) is 0 Å². The first-order valence-electron chi connectivity index (χ1n) is 6.21. The molecule has 0 aliphatic heterocycles. The van der Waals surface area contributed by atoms with Gasteiger partial charge in [-0.3, -0.25) is 9.78 Å². The summed E-state index contributed by atoms with van der Waals surface area (Å²) in [6.45, 7) is 0. The van der Waals surface area contributed by atoms with E-state index >= 15 is 0 Å². The lowest BCUT2D eigenvalue weighted by molar-refractivity contribution is -0.137. The van der Waals surface area contributed by atoms with E-state index in [1.807, 2.05) is 29.8 Å². The van der Waals surface area contributed by atoms with Gasteiger partial charge in [-0.15, -0.1) is 0 Å². The van der Waals surface area contributed by atoms with Gasteiger partial charge in [0.15, 0.2) is 0 Å². The molecule has 2 aromatic heterocycles. The fraction of sp³-hybridized carbons (Fsp3) is 0.133. The van der Waals surface area contributed by atoms with Crippen LogP contribution >= 0.6 is 0 Å². The topological polar surface area (TPSA) is 68.0 Å². The summed E-state index contributed by atoms with van der Waals surface area (Å²) in [5.74, 6) is -1.69. The van der Waals surface area contributed by atoms with Crippen LogP contribution in [0.1, 0.15) is 17.2 Å². The first-order chi connectivity index (χ1) is 9.66. The van der Waals surface area contributed by atoms with Crippen LogP contribution in [0.3, 0.4) is 0 Å². The third-order valence-electron chi connectivity index (χ3n) is 3.31. The number of rotatable bonds is 3. The highest BCUT2D eigenvalue weighted by Gasteiger charge is 2.23. The molecule has 5 heteroatoms. The fourth-order valence-electron chi connectivity index (χ4n) is 2.32. The van der Waals surface area contributed by atoms with Gasteiger partial charge in [-0.2, -0.15) is 0 Å². The van der Waals surface area contributed by atoms with Crippen LogP contribution in [-0.4, -0.2) is 25.6 Å². The molecule has 0 saturated carbocycles. The molecule has 2 heterocycles. The number of hydrogen-bond donors (Lipinski definition) is 1. The third-order valence-corrected chi connectivity index (χ3v) is 3.31. The summed E-state index contributed by atoms with van der Waals surface area (Å²) in [5.41, 5.74) is 2.96. The minimum absolute atomic E-state index is 0.523. The Labute approximate surface area is 115 Å². The molecule has 1 aromatic carbocycles. The Morgan fingerprint density at radius 3 is 2.80 bits per heavy atom. The van der Waals surface area contributed by atoms with E-state index in [0.29, 0.717) is 11.3 Å². The molecule has 0 radical (unpaired) electrons. The summed E-state index contributed by atoms with van der Waals surface area (Å²) >= 11 is 0. The van der Waals surface area contributed by atoms with Crippen LogP contribution in [0.25, 0.3) is 11.0 Å². The lowest BCUT2D eigenvalue weighted by Gasteiger charge is -2.12. The number of aryl methyl sites for hydroxylation is 1. The van der Waals surface area contributed by atoms with Crippen LogP contribution in [0.4, 0.5) is 0 Å². The number of fused-ring (bicyclic) bond motifs is 1. The highest BCUT2D eigenvalue weighted by Crippen LogP contribution is 2.26. The van der Waals surface area contributed by atoms with E-state index < -0.39 is 11.9 Å². The zero-order valence-corrected chi connectivity index (χ0v) is 10.9. The maximum atomic E-state index is 11.6. The summed E-state index contributed by atoms with van der Waals surface area (Å²) < 4.78 is 1.90. The Balaban J connectivity index is 2.12. The molecule has 0 fully saturated rings. The van der Waals surface area contributed by atoms with Crippen molar-refractivity contribution in [2.45, 2.75) is 5.92 Å². The van der Waals surface area contributed by atoms with Crippen molar-refractivity contribution < 1.29 is 9.90 Å². The van der Waals surface area contributed by atoms with Gasteiger partial charge in [0.1, 0.15) is 5.92 Å². The molecule has 0 bridgehead atoms. The highest BCUT2D eigenvalue weighted by atomic mass is 16.4. The van der Waals surface area contributed by atoms with Crippen molar-refractivity contribution >= 4 is 17.0 Å². The largest absolute Gasteiger partial charge is 0.480 e. The number of aromatic nitrogens is 3. The van der Waals surface area contributed by atoms with Gasteiger partial charge in [-0.25, -0.2) is 4.98 Å². The van der Waals surface area contributed by atoms with Crippen molar-refractivity contribution in [2.75, 3.05) is 0 Å². The van der Waals surface area contributed by atoms with E-state index in [1.54, 1.807) is 30.7 Å². The average Bonchev–Trinajstić information content (AvgIpc) is 2.81. The molecule has 5 nitrogen and oxygen atoms in total. The Morgan fingerprint density at radius 2 is 2.10 bits per heavy atom. The Bertz CT molecular complexity index is 765. The van der Waals surface area contributed by atoms with Crippen LogP contribution < -0.4 is 0 Å². The summed E-state index contributed by atoms with van der Waals surface area (Å²) in [6, 6.07) is 10.8. The standard InChI is InChI=1S/C15H13N3O2/c1-18-9-17-12-8-10(5-6-13(12)18)14(15(19)20)11-4-2-3-7-16-11/h2-9,14H,1H3,(H,19,20). The number of carbonyl (C=O) groups is 1. The summed E-state index contributed by atoms with van der Waals surface area (Å²) in [4.78, 5) is 20.0. The number of aliphatic carboxylic acids is 1. The molecule has 0 spiro atoms. The number of nitrogens with zero attached hydrogens (tertiary/aromatic N) is 3. The molecule has 0 amide bonds. The van der Waals surface area contributed by atoms with Crippen LogP contribution in [0.15, 0.2) is 48.9 Å². The molecule has 3 aromatic rings. The van der Waals surface area contributed by atoms with Crippen LogP contribution in [0.2, 0.25) is 0 Å². The quantitative estimate of drug-likeness (QED) is 0.789. The SMILES string of the molecule is Cn1cnc2cc(C(C(=O)O)c3ccccn3)ccc21. The zero-order valence-electron chi connectivity index (χ0n) is 10.9. The number of benzene rings is 1. The van der Waals surface area contributed by atoms with Gasteiger partial charge in [0, 0.05) is 13.2 Å². The van der Waals surface area contributed by atoms with E-state index in [-0.39, 0.29) is 0 Å². The lowest BCUT2D eigenvalue weighted by Crippen LogP contribution is -2.14. The van der Waals surface area contributed by atoms with E-state index in [1.165, 1.54) is 0 Å². The molecule has 1 unspecified atom stereocenters. The summed E-state index contributed by atoms with van der Waals surface area (Å²) in [7, 11) is 1.91. The molecular formula is C15H13N3O2. The van der Waals surface area contributed by atoms with Crippen LogP contribution in [-0.2, 0) is 11.8 Å². The van der Waals surface area contributed by atoms with Gasteiger partial charge < -0.3 is 9.67 Å². The van der Waals surface area contributed by atoms with Gasteiger partial charge in [0.2, 0.25) is 0 Å². The minimum atomic E-state index is -0.918. The second-order valence-electron chi connectivity index (χ2n) is 4.63. The number of carboxylic acids is 1. The Morgan fingerprint density at radius 1 is 1.25 bits per heavy atom. The Kier molecular flexibility index (Phi) is 2.95. The number of imidazole rings is 1. The molecule has 20 heavy (non-hydrogen) atoms. The molecule has 0 aliphatic carbocycles. The first kappa shape index (κ1) is 12.3. The second kappa shape index (κ2) is 4.77. The molecule has 3 rings (SSSR count). The summed E-state index contributed by atoms with van der Waals surface area (Å²) in [6.07, 6.45) is 3.32. The molecule has 0 saturated heterocycles. The normalized spacial score (nSPS) is 12.4. The predicted molar refractivity (Wildman–Crippen MR) is 74.4 cm³/mol. The molecule has 100 valence electrons. The van der Waals surface area contributed by atoms with E-state index in [9.17, 15) is 9.90 Å². The average molecular weight is 267 g/mol. The molecule has 0 aliphatic rings. The molecule has 1 N–H and O–H groups in total. The van der Waals surface area contributed by atoms with Gasteiger partial charge in [0.25, 0.3) is 0 Å². The molecular weight excluding hydrogens is 254 g/mol. The summed E-state index contributed by atoms with van der Waals surface area (Å²) in [5, 5.41) is 9.49. The zero-order chi connectivity index (χ0) is 14.1. The maximum Gasteiger partial charge on any atom is 0.317 e. The van der Waals surface area contributed by atoms with E-state index in [0.717, 1.165) is 11.0 Å². The van der Waals surface area contributed by atoms with Crippen molar-refractivity contribution in [1.82, 2.24) is 14.5 Å². The van der Waals surface area contributed by atoms with Crippen molar-refractivity contribution in [2.24, 2.45) is 7.05 Å². The smallest absolute Gasteiger partial charge is 0.317 e. The minimum Gasteiger partial charge on any atom is -0.480 e. The maximum absolute atomic E-state index is 11.6. The van der Waals surface area contributed by atoms with Crippen molar-refractivity contribution in [3.63, 3.8) is 0 Å². The van der Waals surface area contributed by atoms with Gasteiger partial charge in [0.05, 0.1) is 23.1 Å².